The van der Waals surface area contributed by atoms with Gasteiger partial charge < -0.3 is 20.1 Å². The highest BCUT2D eigenvalue weighted by molar-refractivity contribution is 5.99. The number of alkyl halides is 6. The number of nitrogens with one attached hydrogen (secondary N) is 1. The second-order valence-electron chi connectivity index (χ2n) is 7.91. The van der Waals surface area contributed by atoms with Crippen LogP contribution in [-0.4, -0.2) is 64.6 Å². The first-order valence-corrected chi connectivity index (χ1v) is 10.3. The Morgan fingerprint density at radius 3 is 2.50 bits per heavy atom. The van der Waals surface area contributed by atoms with Crippen molar-refractivity contribution in [2.45, 2.75) is 38.4 Å². The van der Waals surface area contributed by atoms with E-state index in [1.165, 1.54) is 11.8 Å². The van der Waals surface area contributed by atoms with Crippen LogP contribution in [0.15, 0.2) is 24.3 Å². The maximum atomic E-state index is 13.6. The average Bonchev–Trinajstić information content (AvgIpc) is 2.75. The van der Waals surface area contributed by atoms with Crippen LogP contribution in [0.1, 0.15) is 35.3 Å². The summed E-state index contributed by atoms with van der Waals surface area (Å²) in [6.07, 6.45) is -11.2. The van der Waals surface area contributed by atoms with Gasteiger partial charge in [-0.1, -0.05) is 6.07 Å². The molecule has 1 aliphatic rings. The fourth-order valence-electron chi connectivity index (χ4n) is 3.41. The van der Waals surface area contributed by atoms with Crippen LogP contribution in [0.4, 0.5) is 32.2 Å². The Hall–Kier alpha value is -2.93. The molecule has 0 aliphatic carbocycles. The Kier molecular flexibility index (Phi) is 7.36. The van der Waals surface area contributed by atoms with Gasteiger partial charge in [-0.3, -0.25) is 4.79 Å². The van der Waals surface area contributed by atoms with Crippen molar-refractivity contribution in [1.29, 1.82) is 0 Å². The Balaban J connectivity index is 2.11. The van der Waals surface area contributed by atoms with E-state index in [0.717, 1.165) is 6.07 Å². The van der Waals surface area contributed by atoms with Crippen LogP contribution >= 0.6 is 0 Å². The van der Waals surface area contributed by atoms with Crippen LogP contribution in [0.2, 0.25) is 0 Å². The van der Waals surface area contributed by atoms with Crippen molar-refractivity contribution in [2.24, 2.45) is 0 Å². The molecule has 1 aromatic carbocycles. The third-order valence-corrected chi connectivity index (χ3v) is 5.05. The molecule has 2 atom stereocenters. The molecule has 0 unspecified atom stereocenters. The monoisotopic (exact) mass is 492 g/mol. The molecule has 3 rings (SSSR count). The molecule has 2 aromatic rings. The van der Waals surface area contributed by atoms with Gasteiger partial charge in [-0.2, -0.15) is 26.3 Å². The number of aliphatic hydroxyl groups excluding tert-OH is 1. The number of ether oxygens (including phenoxy) is 1. The molecule has 1 fully saturated rings. The largest absolute Gasteiger partial charge is 0.417 e. The van der Waals surface area contributed by atoms with E-state index in [9.17, 15) is 36.2 Å². The normalized spacial score (nSPS) is 18.0. The smallest absolute Gasteiger partial charge is 0.392 e. The number of hydrogen-bond donors (Lipinski definition) is 2. The van der Waals surface area contributed by atoms with Crippen molar-refractivity contribution in [3.05, 3.63) is 41.0 Å². The Morgan fingerprint density at radius 2 is 1.91 bits per heavy atom. The number of nitrogens with zero attached hydrogens (tertiary/aromatic N) is 3. The summed E-state index contributed by atoms with van der Waals surface area (Å²) in [4.78, 5) is 14.6. The number of aliphatic hydroxyl groups is 1. The topological polar surface area (TPSA) is 87.6 Å². The van der Waals surface area contributed by atoms with Crippen molar-refractivity contribution >= 4 is 11.7 Å². The summed E-state index contributed by atoms with van der Waals surface area (Å²) >= 11 is 0. The van der Waals surface area contributed by atoms with Crippen molar-refractivity contribution < 1.29 is 41.0 Å². The number of morpholine rings is 1. The maximum absolute atomic E-state index is 13.6. The molecule has 0 bridgehead atoms. The Labute approximate surface area is 190 Å². The molecule has 0 saturated carbocycles. The van der Waals surface area contributed by atoms with Crippen molar-refractivity contribution in [3.8, 4) is 11.3 Å². The molecule has 2 N–H and O–H groups in total. The molecular weight excluding hydrogens is 470 g/mol. The standard InChI is InChI=1S/C21H22F6N4O3/c1-11(32)9-28-18-15(19(33)31-5-6-34-12(2)10-31)8-17(29-30-18)14-4-3-13(20(22,23)24)7-16(14)21(25,26)27/h3-4,7-8,11-12,32H,5-6,9-10H2,1-2H3,(H,28,30)/t11-,12-/m1/s1. The number of carbonyl (C=O) groups excluding carboxylic acids is 1. The number of rotatable bonds is 5. The van der Waals surface area contributed by atoms with Gasteiger partial charge in [-0.15, -0.1) is 10.2 Å². The van der Waals surface area contributed by atoms with Gasteiger partial charge in [0.15, 0.2) is 5.82 Å². The number of halogens is 6. The highest BCUT2D eigenvalue weighted by atomic mass is 19.4. The summed E-state index contributed by atoms with van der Waals surface area (Å²) in [6.45, 7) is 3.90. The number of amides is 1. The summed E-state index contributed by atoms with van der Waals surface area (Å²) in [5, 5.41) is 19.8. The molecule has 13 heteroatoms. The second-order valence-corrected chi connectivity index (χ2v) is 7.91. The zero-order valence-electron chi connectivity index (χ0n) is 18.2. The molecule has 2 heterocycles. The van der Waals surface area contributed by atoms with Crippen LogP contribution in [0, 0.1) is 0 Å². The van der Waals surface area contributed by atoms with E-state index in [1.807, 2.05) is 0 Å². The molecule has 0 spiro atoms. The number of benzene rings is 1. The van der Waals surface area contributed by atoms with E-state index in [-0.39, 0.29) is 49.8 Å². The molecule has 186 valence electrons. The fourth-order valence-corrected chi connectivity index (χ4v) is 3.41. The van der Waals surface area contributed by atoms with E-state index in [0.29, 0.717) is 12.1 Å². The van der Waals surface area contributed by atoms with Gasteiger partial charge in [0.25, 0.3) is 5.91 Å². The average molecular weight is 492 g/mol. The summed E-state index contributed by atoms with van der Waals surface area (Å²) in [7, 11) is 0. The first-order chi connectivity index (χ1) is 15.8. The van der Waals surface area contributed by atoms with Gasteiger partial charge in [0, 0.05) is 25.2 Å². The first kappa shape index (κ1) is 25.7. The predicted molar refractivity (Wildman–Crippen MR) is 109 cm³/mol. The molecule has 1 saturated heterocycles. The lowest BCUT2D eigenvalue weighted by molar-refractivity contribution is -0.142. The van der Waals surface area contributed by atoms with Gasteiger partial charge in [0.05, 0.1) is 41.2 Å². The Morgan fingerprint density at radius 1 is 1.21 bits per heavy atom. The number of carbonyl (C=O) groups is 1. The van der Waals surface area contributed by atoms with Crippen LogP contribution in [0.5, 0.6) is 0 Å². The molecule has 1 aromatic heterocycles. The molecule has 7 nitrogen and oxygen atoms in total. The minimum Gasteiger partial charge on any atom is -0.392 e. The SMILES string of the molecule is C[C@@H]1CN(C(=O)c2cc(-c3ccc(C(F)(F)F)cc3C(F)(F)F)nnc2NC[C@@H](C)O)CCO1. The van der Waals surface area contributed by atoms with Gasteiger partial charge in [-0.05, 0) is 32.0 Å². The van der Waals surface area contributed by atoms with Crippen molar-refractivity contribution in [1.82, 2.24) is 15.1 Å². The highest BCUT2D eigenvalue weighted by Crippen LogP contribution is 2.40. The maximum Gasteiger partial charge on any atom is 0.417 e. The third-order valence-electron chi connectivity index (χ3n) is 5.05. The number of anilines is 1. The molecule has 34 heavy (non-hydrogen) atoms. The van der Waals surface area contributed by atoms with Crippen LogP contribution in [0.3, 0.4) is 0 Å². The van der Waals surface area contributed by atoms with Gasteiger partial charge in [0.2, 0.25) is 0 Å². The quantitative estimate of drug-likeness (QED) is 0.617. The third kappa shape index (κ3) is 5.95. The summed E-state index contributed by atoms with van der Waals surface area (Å²) in [5.41, 5.74) is -4.23. The summed E-state index contributed by atoms with van der Waals surface area (Å²) < 4.78 is 85.4. The van der Waals surface area contributed by atoms with Gasteiger partial charge in [-0.25, -0.2) is 0 Å². The summed E-state index contributed by atoms with van der Waals surface area (Å²) in [5.74, 6) is -0.644. The number of hydrogen-bond acceptors (Lipinski definition) is 6. The van der Waals surface area contributed by atoms with Crippen molar-refractivity contribution in [2.75, 3.05) is 31.6 Å². The molecule has 0 radical (unpaired) electrons. The minimum atomic E-state index is -5.12. The van der Waals surface area contributed by atoms with Crippen LogP contribution in [-0.2, 0) is 17.1 Å². The van der Waals surface area contributed by atoms with E-state index in [1.54, 1.807) is 6.92 Å². The van der Waals surface area contributed by atoms with Gasteiger partial charge in [0.1, 0.15) is 0 Å². The predicted octanol–water partition coefficient (Wildman–Crippen LogP) is 3.83. The van der Waals surface area contributed by atoms with Gasteiger partial charge >= 0.3 is 12.4 Å². The molecule has 1 amide bonds. The lowest BCUT2D eigenvalue weighted by Crippen LogP contribution is -2.44. The van der Waals surface area contributed by atoms with E-state index in [4.69, 9.17) is 4.74 Å². The highest BCUT2D eigenvalue weighted by Gasteiger charge is 2.39. The van der Waals surface area contributed by atoms with Crippen molar-refractivity contribution in [3.63, 3.8) is 0 Å². The van der Waals surface area contributed by atoms with E-state index < -0.39 is 46.7 Å². The molecular formula is C21H22F6N4O3. The molecule has 1 aliphatic heterocycles. The fraction of sp³-hybridized carbons (Fsp3) is 0.476. The second kappa shape index (κ2) is 9.74. The lowest BCUT2D eigenvalue weighted by atomic mass is 9.99. The van der Waals surface area contributed by atoms with Crippen LogP contribution in [0.25, 0.3) is 11.3 Å². The van der Waals surface area contributed by atoms with E-state index >= 15 is 0 Å². The zero-order chi connectivity index (χ0) is 25.3. The minimum absolute atomic E-state index is 0.00175. The van der Waals surface area contributed by atoms with Crippen LogP contribution < -0.4 is 5.32 Å². The first-order valence-electron chi connectivity index (χ1n) is 10.3. The Bertz CT molecular complexity index is 1040. The summed E-state index contributed by atoms with van der Waals surface area (Å²) in [6, 6.07) is 2.22. The van der Waals surface area contributed by atoms with E-state index in [2.05, 4.69) is 15.5 Å². The number of aromatic nitrogens is 2. The lowest BCUT2D eigenvalue weighted by Gasteiger charge is -2.31. The zero-order valence-corrected chi connectivity index (χ0v) is 18.2.